The Morgan fingerprint density at radius 2 is 2.18 bits per heavy atom. The Balaban J connectivity index is 2.30. The van der Waals surface area contributed by atoms with Crippen LogP contribution in [0.25, 0.3) is 0 Å². The first kappa shape index (κ1) is 16.0. The van der Waals surface area contributed by atoms with Gasteiger partial charge in [-0.3, -0.25) is 9.67 Å². The van der Waals surface area contributed by atoms with Crippen molar-refractivity contribution in [3.63, 3.8) is 0 Å². The summed E-state index contributed by atoms with van der Waals surface area (Å²) in [6, 6.07) is 3.95. The Morgan fingerprint density at radius 3 is 2.73 bits per heavy atom. The molecule has 0 aliphatic carbocycles. The van der Waals surface area contributed by atoms with Crippen LogP contribution < -0.4 is 0 Å². The van der Waals surface area contributed by atoms with Gasteiger partial charge < -0.3 is 4.74 Å². The molecule has 2 rings (SSSR count). The standard InChI is InChI=1S/C14H14F3N3O2/c1-3-20-11(7-9(2)19-20)13(21)22-12(14(15,16)17)10-5-4-6-18-8-10/h4-8,12H,3H2,1-2H3. The number of halogens is 3. The summed E-state index contributed by atoms with van der Waals surface area (Å²) in [5.74, 6) is -1.08. The summed E-state index contributed by atoms with van der Waals surface area (Å²) < 4.78 is 45.4. The number of aryl methyl sites for hydroxylation is 2. The topological polar surface area (TPSA) is 57.0 Å². The molecule has 0 aliphatic rings. The number of ether oxygens (including phenoxy) is 1. The second-order valence-electron chi connectivity index (χ2n) is 4.60. The van der Waals surface area contributed by atoms with E-state index in [1.165, 1.54) is 29.1 Å². The molecule has 0 saturated carbocycles. The summed E-state index contributed by atoms with van der Waals surface area (Å²) in [6.45, 7) is 3.72. The monoisotopic (exact) mass is 313 g/mol. The number of pyridine rings is 1. The van der Waals surface area contributed by atoms with E-state index in [4.69, 9.17) is 0 Å². The molecule has 0 aromatic carbocycles. The van der Waals surface area contributed by atoms with Gasteiger partial charge in [0.1, 0.15) is 5.69 Å². The van der Waals surface area contributed by atoms with Crippen LogP contribution in [0.1, 0.15) is 34.8 Å². The van der Waals surface area contributed by atoms with Crippen LogP contribution in [-0.2, 0) is 11.3 Å². The lowest BCUT2D eigenvalue weighted by Gasteiger charge is -2.20. The van der Waals surface area contributed by atoms with Gasteiger partial charge in [-0.15, -0.1) is 0 Å². The number of hydrogen-bond donors (Lipinski definition) is 0. The van der Waals surface area contributed by atoms with Crippen LogP contribution in [-0.4, -0.2) is 26.9 Å². The molecule has 8 heteroatoms. The largest absolute Gasteiger partial charge is 0.443 e. The number of carbonyl (C=O) groups excluding carboxylic acids is 1. The molecular weight excluding hydrogens is 299 g/mol. The minimum Gasteiger partial charge on any atom is -0.443 e. The van der Waals surface area contributed by atoms with E-state index in [1.54, 1.807) is 13.8 Å². The molecule has 0 aliphatic heterocycles. The molecule has 0 bridgehead atoms. The maximum absolute atomic E-state index is 13.1. The second-order valence-corrected chi connectivity index (χ2v) is 4.60. The molecule has 118 valence electrons. The van der Waals surface area contributed by atoms with E-state index in [0.29, 0.717) is 12.2 Å². The van der Waals surface area contributed by atoms with Gasteiger partial charge in [0, 0.05) is 24.5 Å². The highest BCUT2D eigenvalue weighted by atomic mass is 19.4. The molecule has 1 atom stereocenters. The normalized spacial score (nSPS) is 13.0. The fourth-order valence-corrected chi connectivity index (χ4v) is 1.97. The van der Waals surface area contributed by atoms with E-state index in [0.717, 1.165) is 6.20 Å². The first-order valence-corrected chi connectivity index (χ1v) is 6.55. The molecule has 5 nitrogen and oxygen atoms in total. The Kier molecular flexibility index (Phi) is 4.48. The number of rotatable bonds is 4. The van der Waals surface area contributed by atoms with Gasteiger partial charge in [0.05, 0.1) is 5.69 Å². The summed E-state index contributed by atoms with van der Waals surface area (Å²) >= 11 is 0. The zero-order valence-corrected chi connectivity index (χ0v) is 12.0. The van der Waals surface area contributed by atoms with Crippen LogP contribution in [0, 0.1) is 6.92 Å². The maximum Gasteiger partial charge on any atom is 0.429 e. The van der Waals surface area contributed by atoms with E-state index in [9.17, 15) is 18.0 Å². The van der Waals surface area contributed by atoms with Crippen molar-refractivity contribution in [3.8, 4) is 0 Å². The molecule has 2 heterocycles. The number of nitrogens with zero attached hydrogens (tertiary/aromatic N) is 3. The van der Waals surface area contributed by atoms with Crippen molar-refractivity contribution in [2.45, 2.75) is 32.7 Å². The molecule has 2 aromatic heterocycles. The van der Waals surface area contributed by atoms with Crippen molar-refractivity contribution in [2.24, 2.45) is 0 Å². The smallest absolute Gasteiger partial charge is 0.429 e. The number of aromatic nitrogens is 3. The summed E-state index contributed by atoms with van der Waals surface area (Å²) in [7, 11) is 0. The maximum atomic E-state index is 13.1. The van der Waals surface area contributed by atoms with Crippen LogP contribution >= 0.6 is 0 Å². The van der Waals surface area contributed by atoms with Gasteiger partial charge in [0.15, 0.2) is 0 Å². The third-order valence-corrected chi connectivity index (χ3v) is 2.92. The molecule has 0 saturated heterocycles. The summed E-state index contributed by atoms with van der Waals surface area (Å²) in [5.41, 5.74) is 0.277. The summed E-state index contributed by atoms with van der Waals surface area (Å²) in [4.78, 5) is 15.7. The quantitative estimate of drug-likeness (QED) is 0.814. The van der Waals surface area contributed by atoms with Crippen molar-refractivity contribution in [2.75, 3.05) is 0 Å². The predicted molar refractivity (Wildman–Crippen MR) is 71.1 cm³/mol. The van der Waals surface area contributed by atoms with E-state index >= 15 is 0 Å². The molecule has 2 aromatic rings. The fourth-order valence-electron chi connectivity index (χ4n) is 1.97. The molecular formula is C14H14F3N3O2. The van der Waals surface area contributed by atoms with Crippen molar-refractivity contribution >= 4 is 5.97 Å². The van der Waals surface area contributed by atoms with Gasteiger partial charge in [-0.05, 0) is 26.0 Å². The highest BCUT2D eigenvalue weighted by molar-refractivity contribution is 5.87. The molecule has 1 unspecified atom stereocenters. The van der Waals surface area contributed by atoms with Crippen LogP contribution in [0.5, 0.6) is 0 Å². The highest BCUT2D eigenvalue weighted by Gasteiger charge is 2.44. The van der Waals surface area contributed by atoms with Crippen molar-refractivity contribution in [1.29, 1.82) is 0 Å². The van der Waals surface area contributed by atoms with Crippen LogP contribution in [0.3, 0.4) is 0 Å². The minimum absolute atomic E-state index is 0.0156. The van der Waals surface area contributed by atoms with E-state index in [2.05, 4.69) is 14.8 Å². The minimum atomic E-state index is -4.73. The van der Waals surface area contributed by atoms with Crippen LogP contribution in [0.4, 0.5) is 13.2 Å². The summed E-state index contributed by atoms with van der Waals surface area (Å²) in [6.07, 6.45) is -4.73. The number of carbonyl (C=O) groups is 1. The lowest BCUT2D eigenvalue weighted by molar-refractivity contribution is -0.207. The third kappa shape index (κ3) is 3.44. The first-order chi connectivity index (χ1) is 10.3. The van der Waals surface area contributed by atoms with Crippen molar-refractivity contribution in [3.05, 3.63) is 47.5 Å². The fraction of sp³-hybridized carbons (Fsp3) is 0.357. The average molecular weight is 313 g/mol. The lowest BCUT2D eigenvalue weighted by Crippen LogP contribution is -2.27. The average Bonchev–Trinajstić information content (AvgIpc) is 2.85. The molecule has 0 spiro atoms. The predicted octanol–water partition coefficient (Wildman–Crippen LogP) is 3.07. The SMILES string of the molecule is CCn1nc(C)cc1C(=O)OC(c1cccnc1)C(F)(F)F. The van der Waals surface area contributed by atoms with Crippen molar-refractivity contribution < 1.29 is 22.7 Å². The van der Waals surface area contributed by atoms with Gasteiger partial charge in [0.25, 0.3) is 0 Å². The zero-order chi connectivity index (χ0) is 16.3. The van der Waals surface area contributed by atoms with Crippen molar-refractivity contribution in [1.82, 2.24) is 14.8 Å². The molecule has 22 heavy (non-hydrogen) atoms. The Bertz CT molecular complexity index is 653. The third-order valence-electron chi connectivity index (χ3n) is 2.92. The summed E-state index contributed by atoms with van der Waals surface area (Å²) in [5, 5.41) is 4.01. The Hall–Kier alpha value is -2.38. The number of alkyl halides is 3. The van der Waals surface area contributed by atoms with Crippen LogP contribution in [0.2, 0.25) is 0 Å². The van der Waals surface area contributed by atoms with Crippen LogP contribution in [0.15, 0.2) is 30.6 Å². The molecule has 0 amide bonds. The Morgan fingerprint density at radius 1 is 1.45 bits per heavy atom. The zero-order valence-electron chi connectivity index (χ0n) is 12.0. The van der Waals surface area contributed by atoms with Gasteiger partial charge in [-0.2, -0.15) is 18.3 Å². The number of esters is 1. The molecule has 0 fully saturated rings. The van der Waals surface area contributed by atoms with Gasteiger partial charge in [-0.1, -0.05) is 6.07 Å². The van der Waals surface area contributed by atoms with Gasteiger partial charge in [0.2, 0.25) is 6.10 Å². The Labute approximate surface area is 124 Å². The van der Waals surface area contributed by atoms with Gasteiger partial charge in [-0.25, -0.2) is 4.79 Å². The van der Waals surface area contributed by atoms with Gasteiger partial charge >= 0.3 is 12.1 Å². The lowest BCUT2D eigenvalue weighted by atomic mass is 10.1. The molecule has 0 N–H and O–H groups in total. The molecule has 0 radical (unpaired) electrons. The highest BCUT2D eigenvalue weighted by Crippen LogP contribution is 2.36. The van der Waals surface area contributed by atoms with E-state index in [-0.39, 0.29) is 11.3 Å². The second kappa shape index (κ2) is 6.17. The first-order valence-electron chi connectivity index (χ1n) is 6.55. The van der Waals surface area contributed by atoms with E-state index < -0.39 is 18.2 Å². The van der Waals surface area contributed by atoms with E-state index in [1.807, 2.05) is 0 Å². The number of hydrogen-bond acceptors (Lipinski definition) is 4.